The Bertz CT molecular complexity index is 365. The molecule has 1 fully saturated rings. The number of carbonyl (C=O) groups excluding carboxylic acids is 1. The third-order valence-electron chi connectivity index (χ3n) is 2.65. The number of rotatable bonds is 2. The molecule has 1 amide bonds. The van der Waals surface area contributed by atoms with Crippen molar-refractivity contribution in [1.29, 1.82) is 0 Å². The minimum atomic E-state index is 0.0978. The molecule has 1 saturated heterocycles. The Morgan fingerprint density at radius 1 is 1.56 bits per heavy atom. The minimum absolute atomic E-state index is 0.0978. The van der Waals surface area contributed by atoms with E-state index in [4.69, 9.17) is 11.6 Å². The van der Waals surface area contributed by atoms with Crippen molar-refractivity contribution >= 4 is 17.5 Å². The van der Waals surface area contributed by atoms with E-state index in [9.17, 15) is 4.79 Å². The molecule has 1 aliphatic rings. The maximum absolute atomic E-state index is 11.9. The quantitative estimate of drug-likeness (QED) is 0.811. The predicted octanol–water partition coefficient (Wildman–Crippen LogP) is 0.277. The maximum Gasteiger partial charge on any atom is 0.244 e. The average molecular weight is 243 g/mol. The molecule has 1 N–H and O–H groups in total. The van der Waals surface area contributed by atoms with Gasteiger partial charge in [0.25, 0.3) is 0 Å². The molecule has 2 rings (SSSR count). The van der Waals surface area contributed by atoms with Gasteiger partial charge in [-0.1, -0.05) is 11.6 Å². The Morgan fingerprint density at radius 3 is 2.81 bits per heavy atom. The van der Waals surface area contributed by atoms with E-state index >= 15 is 0 Å². The second-order valence-electron chi connectivity index (χ2n) is 3.89. The largest absolute Gasteiger partial charge is 0.339 e. The van der Waals surface area contributed by atoms with Crippen LogP contribution < -0.4 is 5.32 Å². The summed E-state index contributed by atoms with van der Waals surface area (Å²) in [5.41, 5.74) is 0.759. The first-order valence-corrected chi connectivity index (χ1v) is 5.72. The first-order chi connectivity index (χ1) is 7.66. The van der Waals surface area contributed by atoms with Crippen LogP contribution in [0.3, 0.4) is 0 Å². The van der Waals surface area contributed by atoms with Gasteiger partial charge in [-0.15, -0.1) is 0 Å². The smallest absolute Gasteiger partial charge is 0.244 e. The number of nitrogens with one attached hydrogen (secondary N) is 1. The van der Waals surface area contributed by atoms with Gasteiger partial charge in [-0.3, -0.25) is 9.48 Å². The molecule has 0 atom stereocenters. The summed E-state index contributed by atoms with van der Waals surface area (Å²) < 4.78 is 1.60. The molecular formula is C10H15ClN4O. The number of aryl methyl sites for hydroxylation is 1. The Kier molecular flexibility index (Phi) is 3.46. The van der Waals surface area contributed by atoms with Crippen molar-refractivity contribution in [2.24, 2.45) is 0 Å². The molecule has 88 valence electrons. The first kappa shape index (κ1) is 11.4. The van der Waals surface area contributed by atoms with Gasteiger partial charge in [0.15, 0.2) is 0 Å². The molecule has 0 bridgehead atoms. The molecule has 0 spiro atoms. The number of carbonyl (C=O) groups is 1. The molecule has 0 saturated carbocycles. The van der Waals surface area contributed by atoms with Crippen molar-refractivity contribution in [3.8, 4) is 0 Å². The minimum Gasteiger partial charge on any atom is -0.339 e. The van der Waals surface area contributed by atoms with Crippen molar-refractivity contribution in [3.05, 3.63) is 16.9 Å². The molecule has 1 aromatic heterocycles. The highest BCUT2D eigenvalue weighted by Crippen LogP contribution is 2.12. The maximum atomic E-state index is 11.9. The SMILES string of the molecule is Cc1nn(CC(=O)N2CCNCC2)cc1Cl. The number of hydrogen-bond acceptors (Lipinski definition) is 3. The van der Waals surface area contributed by atoms with Crippen LogP contribution in [0.15, 0.2) is 6.20 Å². The molecular weight excluding hydrogens is 228 g/mol. The van der Waals surface area contributed by atoms with Crippen molar-refractivity contribution in [3.63, 3.8) is 0 Å². The summed E-state index contributed by atoms with van der Waals surface area (Å²) in [6.45, 7) is 5.37. The van der Waals surface area contributed by atoms with Crippen LogP contribution >= 0.6 is 11.6 Å². The van der Waals surface area contributed by atoms with E-state index in [-0.39, 0.29) is 12.5 Å². The summed E-state index contributed by atoms with van der Waals surface area (Å²) in [6.07, 6.45) is 1.69. The molecule has 0 unspecified atom stereocenters. The van der Waals surface area contributed by atoms with Crippen molar-refractivity contribution in [2.75, 3.05) is 26.2 Å². The third kappa shape index (κ3) is 2.54. The Hall–Kier alpha value is -1.07. The Morgan fingerprint density at radius 2 is 2.25 bits per heavy atom. The van der Waals surface area contributed by atoms with Crippen LogP contribution in [0.2, 0.25) is 5.02 Å². The van der Waals surface area contributed by atoms with Crippen LogP contribution in [0.25, 0.3) is 0 Å². The number of nitrogens with zero attached hydrogens (tertiary/aromatic N) is 3. The van der Waals surface area contributed by atoms with Crippen LogP contribution in [0, 0.1) is 6.92 Å². The number of amides is 1. The van der Waals surface area contributed by atoms with Gasteiger partial charge in [0.1, 0.15) is 6.54 Å². The fourth-order valence-corrected chi connectivity index (χ4v) is 1.88. The second kappa shape index (κ2) is 4.84. The van der Waals surface area contributed by atoms with Crippen LogP contribution in [0.1, 0.15) is 5.69 Å². The first-order valence-electron chi connectivity index (χ1n) is 5.35. The molecule has 1 aliphatic heterocycles. The van der Waals surface area contributed by atoms with Crippen LogP contribution in [-0.4, -0.2) is 46.8 Å². The zero-order valence-electron chi connectivity index (χ0n) is 9.24. The van der Waals surface area contributed by atoms with Crippen molar-refractivity contribution in [2.45, 2.75) is 13.5 Å². The molecule has 0 aliphatic carbocycles. The Labute approximate surface area is 99.4 Å². The number of hydrogen-bond donors (Lipinski definition) is 1. The molecule has 6 heteroatoms. The van der Waals surface area contributed by atoms with E-state index in [2.05, 4.69) is 10.4 Å². The molecule has 1 aromatic rings. The standard InChI is InChI=1S/C10H15ClN4O/c1-8-9(11)6-15(13-8)7-10(16)14-4-2-12-3-5-14/h6,12H,2-5,7H2,1H3. The second-order valence-corrected chi connectivity index (χ2v) is 4.30. The number of halogens is 1. The van der Waals surface area contributed by atoms with Gasteiger partial charge in [-0.05, 0) is 6.92 Å². The van der Waals surface area contributed by atoms with E-state index in [1.54, 1.807) is 10.9 Å². The van der Waals surface area contributed by atoms with Gasteiger partial charge in [0, 0.05) is 32.4 Å². The summed E-state index contributed by atoms with van der Waals surface area (Å²) in [7, 11) is 0. The Balaban J connectivity index is 1.95. The molecule has 0 aromatic carbocycles. The highest BCUT2D eigenvalue weighted by Gasteiger charge is 2.17. The van der Waals surface area contributed by atoms with Gasteiger partial charge in [0.05, 0.1) is 10.7 Å². The third-order valence-corrected chi connectivity index (χ3v) is 3.02. The van der Waals surface area contributed by atoms with Crippen LogP contribution in [0.5, 0.6) is 0 Å². The van der Waals surface area contributed by atoms with Gasteiger partial charge in [-0.25, -0.2) is 0 Å². The number of piperazine rings is 1. The number of aromatic nitrogens is 2. The van der Waals surface area contributed by atoms with Gasteiger partial charge >= 0.3 is 0 Å². The van der Waals surface area contributed by atoms with Crippen molar-refractivity contribution < 1.29 is 4.79 Å². The molecule has 5 nitrogen and oxygen atoms in total. The van der Waals surface area contributed by atoms with Crippen LogP contribution in [0.4, 0.5) is 0 Å². The van der Waals surface area contributed by atoms with Gasteiger partial charge < -0.3 is 10.2 Å². The van der Waals surface area contributed by atoms with E-state index in [1.165, 1.54) is 0 Å². The molecule has 16 heavy (non-hydrogen) atoms. The van der Waals surface area contributed by atoms with E-state index in [1.807, 2.05) is 11.8 Å². The zero-order chi connectivity index (χ0) is 11.5. The van der Waals surface area contributed by atoms with Crippen LogP contribution in [-0.2, 0) is 11.3 Å². The van der Waals surface area contributed by atoms with E-state index in [0.29, 0.717) is 5.02 Å². The summed E-state index contributed by atoms with van der Waals surface area (Å²) in [5, 5.41) is 7.98. The molecule has 0 radical (unpaired) electrons. The lowest BCUT2D eigenvalue weighted by Crippen LogP contribution is -2.47. The fraction of sp³-hybridized carbons (Fsp3) is 0.600. The highest BCUT2D eigenvalue weighted by atomic mass is 35.5. The van der Waals surface area contributed by atoms with Gasteiger partial charge in [-0.2, -0.15) is 5.10 Å². The summed E-state index contributed by atoms with van der Waals surface area (Å²) in [5.74, 6) is 0.0978. The predicted molar refractivity (Wildman–Crippen MR) is 61.4 cm³/mol. The lowest BCUT2D eigenvalue weighted by Gasteiger charge is -2.27. The molecule has 2 heterocycles. The van der Waals surface area contributed by atoms with Crippen molar-refractivity contribution in [1.82, 2.24) is 20.0 Å². The normalized spacial score (nSPS) is 16.5. The summed E-state index contributed by atoms with van der Waals surface area (Å²) in [4.78, 5) is 13.7. The average Bonchev–Trinajstić information content (AvgIpc) is 2.59. The summed E-state index contributed by atoms with van der Waals surface area (Å²) >= 11 is 5.88. The van der Waals surface area contributed by atoms with E-state index in [0.717, 1.165) is 31.9 Å². The fourth-order valence-electron chi connectivity index (χ4n) is 1.73. The lowest BCUT2D eigenvalue weighted by molar-refractivity contribution is -0.132. The van der Waals surface area contributed by atoms with E-state index < -0.39 is 0 Å². The highest BCUT2D eigenvalue weighted by molar-refractivity contribution is 6.31. The van der Waals surface area contributed by atoms with Gasteiger partial charge in [0.2, 0.25) is 5.91 Å². The summed E-state index contributed by atoms with van der Waals surface area (Å²) in [6, 6.07) is 0. The monoisotopic (exact) mass is 242 g/mol. The zero-order valence-corrected chi connectivity index (χ0v) is 10.00. The lowest BCUT2D eigenvalue weighted by atomic mass is 10.3. The topological polar surface area (TPSA) is 50.2 Å².